The predicted molar refractivity (Wildman–Crippen MR) is 119 cm³/mol. The summed E-state index contributed by atoms with van der Waals surface area (Å²) in [7, 11) is 1.50. The van der Waals surface area contributed by atoms with Crippen LogP contribution in [0.3, 0.4) is 0 Å². The van der Waals surface area contributed by atoms with Crippen molar-refractivity contribution >= 4 is 40.4 Å². The van der Waals surface area contributed by atoms with E-state index in [0.717, 1.165) is 18.0 Å². The molecule has 1 aromatic carbocycles. The van der Waals surface area contributed by atoms with Gasteiger partial charge in [-0.3, -0.25) is 14.5 Å². The standard InChI is InChI=1S/C22H23ClN2O5S/c1-29-16-5-4-14(13-15(16)23)20(26)18-19(17-3-2-12-31-17)25(22(28)21(18)27)7-6-24-8-10-30-11-9-24/h2-5,12-13,19,26H,6-11H2,1H3/b20-18-. The number of ketones is 1. The lowest BCUT2D eigenvalue weighted by molar-refractivity contribution is -0.140. The third kappa shape index (κ3) is 4.34. The van der Waals surface area contributed by atoms with Crippen LogP contribution in [-0.2, 0) is 14.3 Å². The number of methoxy groups -OCH3 is 1. The van der Waals surface area contributed by atoms with Crippen molar-refractivity contribution in [2.24, 2.45) is 0 Å². The molecule has 1 aromatic heterocycles. The number of aliphatic hydroxyl groups is 1. The number of carbonyl (C=O) groups is 2. The molecule has 4 rings (SSSR count). The highest BCUT2D eigenvalue weighted by Gasteiger charge is 2.46. The fourth-order valence-corrected chi connectivity index (χ4v) is 5.00. The summed E-state index contributed by atoms with van der Waals surface area (Å²) in [5.74, 6) is -1.08. The molecule has 0 spiro atoms. The van der Waals surface area contributed by atoms with Crippen LogP contribution in [0.25, 0.3) is 5.76 Å². The summed E-state index contributed by atoms with van der Waals surface area (Å²) in [6.07, 6.45) is 0. The molecule has 1 unspecified atom stereocenters. The van der Waals surface area contributed by atoms with Crippen LogP contribution >= 0.6 is 22.9 Å². The van der Waals surface area contributed by atoms with Crippen molar-refractivity contribution < 1.29 is 24.2 Å². The van der Waals surface area contributed by atoms with Gasteiger partial charge in [-0.25, -0.2) is 0 Å². The minimum absolute atomic E-state index is 0.0793. The van der Waals surface area contributed by atoms with Gasteiger partial charge in [-0.05, 0) is 29.6 Å². The lowest BCUT2D eigenvalue weighted by Gasteiger charge is -2.30. The number of benzene rings is 1. The summed E-state index contributed by atoms with van der Waals surface area (Å²) in [6.45, 7) is 3.91. The second-order valence-electron chi connectivity index (χ2n) is 7.31. The van der Waals surface area contributed by atoms with E-state index in [2.05, 4.69) is 4.90 Å². The van der Waals surface area contributed by atoms with Gasteiger partial charge in [0.15, 0.2) is 0 Å². The lowest BCUT2D eigenvalue weighted by atomic mass is 10.00. The summed E-state index contributed by atoms with van der Waals surface area (Å²) in [5.41, 5.74) is 0.439. The number of nitrogens with zero attached hydrogens (tertiary/aromatic N) is 2. The number of aliphatic hydroxyl groups excluding tert-OH is 1. The number of halogens is 1. The summed E-state index contributed by atoms with van der Waals surface area (Å²) >= 11 is 7.66. The van der Waals surface area contributed by atoms with Crippen LogP contribution in [0, 0.1) is 0 Å². The van der Waals surface area contributed by atoms with Crippen molar-refractivity contribution in [3.8, 4) is 5.75 Å². The van der Waals surface area contributed by atoms with Gasteiger partial charge in [-0.1, -0.05) is 17.7 Å². The van der Waals surface area contributed by atoms with Crippen LogP contribution in [0.1, 0.15) is 16.5 Å². The third-order valence-corrected chi connectivity index (χ3v) is 6.76. The summed E-state index contributed by atoms with van der Waals surface area (Å²) in [4.78, 5) is 30.5. The van der Waals surface area contributed by atoms with Gasteiger partial charge in [0, 0.05) is 36.6 Å². The van der Waals surface area contributed by atoms with Crippen molar-refractivity contribution in [2.75, 3.05) is 46.5 Å². The van der Waals surface area contributed by atoms with Crippen LogP contribution in [-0.4, -0.2) is 73.1 Å². The molecule has 1 amide bonds. The molecule has 0 saturated carbocycles. The molecule has 2 aliphatic heterocycles. The van der Waals surface area contributed by atoms with E-state index in [1.807, 2.05) is 17.5 Å². The van der Waals surface area contributed by atoms with E-state index < -0.39 is 17.7 Å². The maximum absolute atomic E-state index is 13.0. The summed E-state index contributed by atoms with van der Waals surface area (Å²) in [5, 5.41) is 13.3. The first-order valence-corrected chi connectivity index (χ1v) is 11.2. The van der Waals surface area contributed by atoms with E-state index in [0.29, 0.717) is 42.6 Å². The Bertz CT molecular complexity index is 1000. The molecular formula is C22H23ClN2O5S. The summed E-state index contributed by atoms with van der Waals surface area (Å²) in [6, 6.07) is 7.87. The smallest absolute Gasteiger partial charge is 0.295 e. The fraction of sp³-hybridized carbons (Fsp3) is 0.364. The molecule has 164 valence electrons. The Balaban J connectivity index is 1.70. The van der Waals surface area contributed by atoms with Crippen molar-refractivity contribution in [1.29, 1.82) is 0 Å². The zero-order chi connectivity index (χ0) is 22.0. The van der Waals surface area contributed by atoms with Gasteiger partial charge in [0.2, 0.25) is 0 Å². The molecule has 2 aliphatic rings. The normalized spacial score (nSPS) is 21.6. The Morgan fingerprint density at radius 1 is 1.26 bits per heavy atom. The Labute approximate surface area is 189 Å². The van der Waals surface area contributed by atoms with Crippen LogP contribution in [0.5, 0.6) is 5.75 Å². The van der Waals surface area contributed by atoms with Crippen molar-refractivity contribution in [2.45, 2.75) is 6.04 Å². The maximum atomic E-state index is 13.0. The molecule has 2 saturated heterocycles. The molecule has 1 N–H and O–H groups in total. The first kappa shape index (κ1) is 21.8. The molecule has 0 radical (unpaired) electrons. The topological polar surface area (TPSA) is 79.3 Å². The molecule has 3 heterocycles. The second-order valence-corrected chi connectivity index (χ2v) is 8.70. The second kappa shape index (κ2) is 9.40. The maximum Gasteiger partial charge on any atom is 0.295 e. The molecule has 31 heavy (non-hydrogen) atoms. The molecule has 0 aliphatic carbocycles. The molecule has 7 nitrogen and oxygen atoms in total. The highest BCUT2D eigenvalue weighted by molar-refractivity contribution is 7.10. The van der Waals surface area contributed by atoms with Crippen LogP contribution in [0.4, 0.5) is 0 Å². The van der Waals surface area contributed by atoms with Gasteiger partial charge in [-0.15, -0.1) is 11.3 Å². The van der Waals surface area contributed by atoms with E-state index >= 15 is 0 Å². The van der Waals surface area contributed by atoms with Crippen molar-refractivity contribution in [3.63, 3.8) is 0 Å². The Kier molecular flexibility index (Phi) is 6.62. The Hall–Kier alpha value is -2.39. The predicted octanol–water partition coefficient (Wildman–Crippen LogP) is 3.16. The number of Topliss-reactive ketones (excluding diaryl/α,β-unsaturated/α-hetero) is 1. The molecule has 1 atom stereocenters. The van der Waals surface area contributed by atoms with E-state index in [1.54, 1.807) is 17.0 Å². The SMILES string of the molecule is COc1ccc(/C(O)=C2/C(=O)C(=O)N(CCN3CCOCC3)C2c2cccs2)cc1Cl. The minimum atomic E-state index is -0.690. The number of amides is 1. The van der Waals surface area contributed by atoms with Crippen LogP contribution < -0.4 is 4.74 Å². The van der Waals surface area contributed by atoms with Crippen molar-refractivity contribution in [3.05, 3.63) is 56.7 Å². The monoisotopic (exact) mass is 462 g/mol. The highest BCUT2D eigenvalue weighted by Crippen LogP contribution is 2.41. The quantitative estimate of drug-likeness (QED) is 0.403. The number of hydrogen-bond acceptors (Lipinski definition) is 7. The Morgan fingerprint density at radius 2 is 2.03 bits per heavy atom. The number of carbonyl (C=O) groups excluding carboxylic acids is 2. The zero-order valence-electron chi connectivity index (χ0n) is 17.0. The van der Waals surface area contributed by atoms with Crippen molar-refractivity contribution in [1.82, 2.24) is 9.80 Å². The van der Waals surface area contributed by atoms with Gasteiger partial charge in [0.1, 0.15) is 11.5 Å². The average Bonchev–Trinajstić information content (AvgIpc) is 3.40. The third-order valence-electron chi connectivity index (χ3n) is 5.54. The zero-order valence-corrected chi connectivity index (χ0v) is 18.6. The van der Waals surface area contributed by atoms with E-state index in [9.17, 15) is 14.7 Å². The molecule has 2 fully saturated rings. The first-order valence-electron chi connectivity index (χ1n) is 9.97. The number of ether oxygens (including phenoxy) is 2. The molecule has 2 aromatic rings. The number of rotatable bonds is 6. The minimum Gasteiger partial charge on any atom is -0.507 e. The van der Waals surface area contributed by atoms with E-state index in [4.69, 9.17) is 21.1 Å². The summed E-state index contributed by atoms with van der Waals surface area (Å²) < 4.78 is 10.5. The van der Waals surface area contributed by atoms with Crippen LogP contribution in [0.15, 0.2) is 41.3 Å². The van der Waals surface area contributed by atoms with Gasteiger partial charge in [-0.2, -0.15) is 0 Å². The average molecular weight is 463 g/mol. The Morgan fingerprint density at radius 3 is 2.68 bits per heavy atom. The number of thiophene rings is 1. The van der Waals surface area contributed by atoms with Gasteiger partial charge in [0.25, 0.3) is 11.7 Å². The number of likely N-dealkylation sites (tertiary alicyclic amines) is 1. The number of hydrogen-bond donors (Lipinski definition) is 1. The van der Waals surface area contributed by atoms with Gasteiger partial charge < -0.3 is 19.5 Å². The lowest BCUT2D eigenvalue weighted by Crippen LogP contribution is -2.42. The molecular weight excluding hydrogens is 440 g/mol. The van der Waals surface area contributed by atoms with E-state index in [1.165, 1.54) is 24.5 Å². The van der Waals surface area contributed by atoms with E-state index in [-0.39, 0.29) is 11.3 Å². The highest BCUT2D eigenvalue weighted by atomic mass is 35.5. The van der Waals surface area contributed by atoms with Gasteiger partial charge in [0.05, 0.1) is 37.0 Å². The number of morpholine rings is 1. The largest absolute Gasteiger partial charge is 0.507 e. The molecule has 0 bridgehead atoms. The van der Waals surface area contributed by atoms with Gasteiger partial charge >= 0.3 is 0 Å². The first-order chi connectivity index (χ1) is 15.0. The fourth-order valence-electron chi connectivity index (χ4n) is 3.90. The van der Waals surface area contributed by atoms with Crippen LogP contribution in [0.2, 0.25) is 5.02 Å². The molecule has 9 heteroatoms.